The first-order valence-corrected chi connectivity index (χ1v) is 7.56. The SMILES string of the molecule is I.NS(=O)(=O)c1ccc(CNC2=NCCCN2)s1. The van der Waals surface area contributed by atoms with Gasteiger partial charge in [-0.25, -0.2) is 13.6 Å². The molecule has 2 rings (SSSR count). The Morgan fingerprint density at radius 2 is 2.28 bits per heavy atom. The van der Waals surface area contributed by atoms with Crippen molar-refractivity contribution in [1.82, 2.24) is 10.6 Å². The molecule has 6 nitrogen and oxygen atoms in total. The number of hydrogen-bond donors (Lipinski definition) is 3. The van der Waals surface area contributed by atoms with Crippen molar-refractivity contribution in [2.45, 2.75) is 17.2 Å². The Morgan fingerprint density at radius 3 is 2.83 bits per heavy atom. The molecule has 0 radical (unpaired) electrons. The van der Waals surface area contributed by atoms with Crippen LogP contribution in [0.4, 0.5) is 0 Å². The van der Waals surface area contributed by atoms with E-state index in [9.17, 15) is 8.42 Å². The van der Waals surface area contributed by atoms with Crippen molar-refractivity contribution in [3.63, 3.8) is 0 Å². The van der Waals surface area contributed by atoms with Crippen LogP contribution in [0.2, 0.25) is 0 Å². The average molecular weight is 402 g/mol. The Kier molecular flexibility index (Phi) is 5.82. The van der Waals surface area contributed by atoms with Crippen molar-refractivity contribution in [2.75, 3.05) is 13.1 Å². The van der Waals surface area contributed by atoms with E-state index in [0.717, 1.165) is 30.3 Å². The summed E-state index contributed by atoms with van der Waals surface area (Å²) in [5, 5.41) is 11.3. The topological polar surface area (TPSA) is 96.6 Å². The third-order valence-corrected chi connectivity index (χ3v) is 4.77. The van der Waals surface area contributed by atoms with Gasteiger partial charge in [0.2, 0.25) is 10.0 Å². The maximum Gasteiger partial charge on any atom is 0.247 e. The third kappa shape index (κ3) is 4.37. The molecule has 0 aliphatic carbocycles. The minimum atomic E-state index is -3.58. The number of sulfonamides is 1. The van der Waals surface area contributed by atoms with E-state index in [1.165, 1.54) is 17.4 Å². The zero-order valence-corrected chi connectivity index (χ0v) is 13.5. The van der Waals surface area contributed by atoms with Crippen LogP contribution in [0.5, 0.6) is 0 Å². The Bertz CT molecular complexity index is 526. The van der Waals surface area contributed by atoms with E-state index in [-0.39, 0.29) is 28.2 Å². The molecule has 18 heavy (non-hydrogen) atoms. The van der Waals surface area contributed by atoms with Crippen molar-refractivity contribution in [3.05, 3.63) is 17.0 Å². The molecule has 0 atom stereocenters. The molecule has 1 aromatic rings. The molecule has 0 saturated carbocycles. The van der Waals surface area contributed by atoms with Gasteiger partial charge in [0.15, 0.2) is 5.96 Å². The third-order valence-electron chi connectivity index (χ3n) is 2.24. The summed E-state index contributed by atoms with van der Waals surface area (Å²) in [7, 11) is -3.58. The van der Waals surface area contributed by atoms with Crippen LogP contribution in [-0.4, -0.2) is 27.5 Å². The van der Waals surface area contributed by atoms with Crippen LogP contribution >= 0.6 is 35.3 Å². The van der Waals surface area contributed by atoms with Crippen LogP contribution in [0, 0.1) is 0 Å². The predicted molar refractivity (Wildman–Crippen MR) is 82.9 cm³/mol. The monoisotopic (exact) mass is 402 g/mol. The van der Waals surface area contributed by atoms with Gasteiger partial charge >= 0.3 is 0 Å². The number of halogens is 1. The van der Waals surface area contributed by atoms with E-state index in [2.05, 4.69) is 15.6 Å². The molecule has 9 heteroatoms. The van der Waals surface area contributed by atoms with Crippen LogP contribution in [0.15, 0.2) is 21.3 Å². The number of nitrogens with two attached hydrogens (primary N) is 1. The van der Waals surface area contributed by atoms with Gasteiger partial charge in [-0.3, -0.25) is 4.99 Å². The first kappa shape index (κ1) is 15.7. The number of thiophene rings is 1. The van der Waals surface area contributed by atoms with E-state index < -0.39 is 10.0 Å². The lowest BCUT2D eigenvalue weighted by Crippen LogP contribution is -2.40. The van der Waals surface area contributed by atoms with Gasteiger partial charge in [-0.05, 0) is 18.6 Å². The Balaban J connectivity index is 0.00000162. The second kappa shape index (κ2) is 6.68. The highest BCUT2D eigenvalue weighted by Crippen LogP contribution is 2.19. The van der Waals surface area contributed by atoms with Crippen molar-refractivity contribution < 1.29 is 8.42 Å². The quantitative estimate of drug-likeness (QED) is 0.640. The summed E-state index contributed by atoms with van der Waals surface area (Å²) in [5.41, 5.74) is 0. The number of hydrogen-bond acceptors (Lipinski definition) is 6. The van der Waals surface area contributed by atoms with Crippen LogP contribution in [-0.2, 0) is 16.6 Å². The van der Waals surface area contributed by atoms with Crippen LogP contribution in [0.3, 0.4) is 0 Å². The van der Waals surface area contributed by atoms with E-state index >= 15 is 0 Å². The molecule has 0 aromatic carbocycles. The van der Waals surface area contributed by atoms with Crippen molar-refractivity contribution >= 4 is 51.3 Å². The zero-order chi connectivity index (χ0) is 12.3. The van der Waals surface area contributed by atoms with Gasteiger partial charge in [0.25, 0.3) is 0 Å². The normalized spacial score (nSPS) is 15.3. The zero-order valence-electron chi connectivity index (χ0n) is 9.55. The van der Waals surface area contributed by atoms with Gasteiger partial charge in [-0.2, -0.15) is 0 Å². The highest BCUT2D eigenvalue weighted by Gasteiger charge is 2.11. The van der Waals surface area contributed by atoms with Crippen LogP contribution in [0.1, 0.15) is 11.3 Å². The molecule has 4 N–H and O–H groups in total. The minimum absolute atomic E-state index is 0. The predicted octanol–water partition coefficient (Wildman–Crippen LogP) is 0.452. The number of aliphatic imine (C=N–C) groups is 1. The Hall–Kier alpha value is -0.390. The molecule has 1 aliphatic rings. The van der Waals surface area contributed by atoms with Crippen LogP contribution in [0.25, 0.3) is 0 Å². The summed E-state index contributed by atoms with van der Waals surface area (Å²) in [6.07, 6.45) is 1.04. The second-order valence-corrected chi connectivity index (χ2v) is 6.59. The second-order valence-electron chi connectivity index (χ2n) is 3.63. The molecule has 2 heterocycles. The lowest BCUT2D eigenvalue weighted by atomic mass is 10.4. The smallest absolute Gasteiger partial charge is 0.247 e. The fourth-order valence-electron chi connectivity index (χ4n) is 1.43. The lowest BCUT2D eigenvalue weighted by Gasteiger charge is -2.15. The Labute approximate surface area is 127 Å². The molecular weight excluding hydrogens is 387 g/mol. The number of nitrogens with zero attached hydrogens (tertiary/aromatic N) is 1. The number of nitrogens with one attached hydrogen (secondary N) is 2. The summed E-state index contributed by atoms with van der Waals surface area (Å²) in [4.78, 5) is 5.16. The first-order chi connectivity index (χ1) is 8.05. The molecule has 0 spiro atoms. The Morgan fingerprint density at radius 1 is 1.50 bits per heavy atom. The number of primary sulfonamides is 1. The molecule has 0 bridgehead atoms. The summed E-state index contributed by atoms with van der Waals surface area (Å²) < 4.78 is 22.4. The summed E-state index contributed by atoms with van der Waals surface area (Å²) in [6, 6.07) is 3.27. The molecule has 0 saturated heterocycles. The minimum Gasteiger partial charge on any atom is -0.356 e. The van der Waals surface area contributed by atoms with Gasteiger partial charge in [-0.15, -0.1) is 35.3 Å². The molecule has 102 valence electrons. The summed E-state index contributed by atoms with van der Waals surface area (Å²) in [6.45, 7) is 2.28. The van der Waals surface area contributed by atoms with E-state index in [4.69, 9.17) is 5.14 Å². The maximum atomic E-state index is 11.1. The van der Waals surface area contributed by atoms with E-state index in [1.807, 2.05) is 0 Å². The van der Waals surface area contributed by atoms with Crippen molar-refractivity contribution in [3.8, 4) is 0 Å². The lowest BCUT2D eigenvalue weighted by molar-refractivity contribution is 0.600. The molecular formula is C9H15IN4O2S2. The number of rotatable bonds is 3. The van der Waals surface area contributed by atoms with Crippen molar-refractivity contribution in [1.29, 1.82) is 0 Å². The summed E-state index contributed by atoms with van der Waals surface area (Å²) >= 11 is 1.17. The van der Waals surface area contributed by atoms with Gasteiger partial charge in [0, 0.05) is 18.0 Å². The van der Waals surface area contributed by atoms with Gasteiger partial charge in [0.05, 0.1) is 6.54 Å². The fourth-order valence-corrected chi connectivity index (χ4v) is 3.15. The molecule has 0 amide bonds. The summed E-state index contributed by atoms with van der Waals surface area (Å²) in [5.74, 6) is 0.766. The van der Waals surface area contributed by atoms with Gasteiger partial charge in [0.1, 0.15) is 4.21 Å². The molecule has 1 aromatic heterocycles. The fraction of sp³-hybridized carbons (Fsp3) is 0.444. The van der Waals surface area contributed by atoms with E-state index in [0.29, 0.717) is 6.54 Å². The largest absolute Gasteiger partial charge is 0.356 e. The molecule has 0 fully saturated rings. The maximum absolute atomic E-state index is 11.1. The highest BCUT2D eigenvalue weighted by atomic mass is 127. The standard InChI is InChI=1S/C9H14N4O2S2.HI/c10-17(14,15)8-3-2-7(16-8)6-13-9-11-4-1-5-12-9;/h2-3H,1,4-6H2,(H2,10,14,15)(H2,11,12,13);1H. The first-order valence-electron chi connectivity index (χ1n) is 5.19. The van der Waals surface area contributed by atoms with Crippen molar-refractivity contribution in [2.24, 2.45) is 10.1 Å². The van der Waals surface area contributed by atoms with Gasteiger partial charge in [-0.1, -0.05) is 0 Å². The average Bonchev–Trinajstić information content (AvgIpc) is 2.76. The molecule has 0 unspecified atom stereocenters. The van der Waals surface area contributed by atoms with Gasteiger partial charge < -0.3 is 10.6 Å². The van der Waals surface area contributed by atoms with Crippen LogP contribution < -0.4 is 15.8 Å². The highest BCUT2D eigenvalue weighted by molar-refractivity contribution is 14.0. The van der Waals surface area contributed by atoms with E-state index in [1.54, 1.807) is 6.07 Å². The molecule has 1 aliphatic heterocycles. The number of guanidine groups is 1.